The molecule has 3 amide bonds. The highest BCUT2D eigenvalue weighted by Gasteiger charge is 2.36. The minimum Gasteiger partial charge on any atom is -0.495 e. The van der Waals surface area contributed by atoms with Gasteiger partial charge in [0.05, 0.1) is 25.3 Å². The first-order valence-electron chi connectivity index (χ1n) is 9.34. The van der Waals surface area contributed by atoms with Crippen LogP contribution in [0.5, 0.6) is 5.75 Å². The van der Waals surface area contributed by atoms with Gasteiger partial charge in [0.15, 0.2) is 6.61 Å². The topological polar surface area (TPSA) is 114 Å². The van der Waals surface area contributed by atoms with Crippen LogP contribution in [0.4, 0.5) is 5.69 Å². The van der Waals surface area contributed by atoms with Crippen LogP contribution in [0.25, 0.3) is 0 Å². The second kappa shape index (κ2) is 9.94. The van der Waals surface area contributed by atoms with Crippen LogP contribution in [0.2, 0.25) is 5.02 Å². The van der Waals surface area contributed by atoms with Crippen LogP contribution in [0.15, 0.2) is 48.5 Å². The highest BCUT2D eigenvalue weighted by atomic mass is 35.5. The van der Waals surface area contributed by atoms with Crippen molar-refractivity contribution in [3.63, 3.8) is 0 Å². The average molecular weight is 446 g/mol. The lowest BCUT2D eigenvalue weighted by molar-refractivity contribution is -0.151. The summed E-state index contributed by atoms with van der Waals surface area (Å²) in [5.41, 5.74) is 3.20. The van der Waals surface area contributed by atoms with E-state index >= 15 is 0 Å². The van der Waals surface area contributed by atoms with Crippen molar-refractivity contribution in [2.24, 2.45) is 5.92 Å². The molecule has 0 bridgehead atoms. The number of benzene rings is 2. The van der Waals surface area contributed by atoms with E-state index in [1.54, 1.807) is 42.5 Å². The number of hydrazine groups is 1. The first-order chi connectivity index (χ1) is 14.9. The molecule has 0 unspecified atom stereocenters. The van der Waals surface area contributed by atoms with Gasteiger partial charge in [-0.05, 0) is 30.3 Å². The number of rotatable bonds is 7. The predicted molar refractivity (Wildman–Crippen MR) is 111 cm³/mol. The predicted octanol–water partition coefficient (Wildman–Crippen LogP) is 2.02. The van der Waals surface area contributed by atoms with E-state index < -0.39 is 36.2 Å². The highest BCUT2D eigenvalue weighted by molar-refractivity contribution is 6.31. The molecule has 3 rings (SSSR count). The molecule has 2 aromatic rings. The summed E-state index contributed by atoms with van der Waals surface area (Å²) in [5.74, 6) is -2.57. The first-order valence-corrected chi connectivity index (χ1v) is 9.71. The lowest BCUT2D eigenvalue weighted by Crippen LogP contribution is -2.43. The molecular weight excluding hydrogens is 426 g/mol. The molecule has 1 heterocycles. The SMILES string of the molecule is COc1ccc(Cl)cc1NC(=O)COC(=O)[C@H]1CC(=O)N(NC(=O)c2ccccc2)C1. The number of amides is 3. The number of ether oxygens (including phenoxy) is 2. The molecule has 0 saturated carbocycles. The maximum absolute atomic E-state index is 12.3. The number of anilines is 1. The number of esters is 1. The molecule has 0 aromatic heterocycles. The van der Waals surface area contributed by atoms with E-state index in [-0.39, 0.29) is 13.0 Å². The average Bonchev–Trinajstić information content (AvgIpc) is 3.13. The number of hydrogen-bond donors (Lipinski definition) is 2. The summed E-state index contributed by atoms with van der Waals surface area (Å²) in [4.78, 5) is 48.7. The van der Waals surface area contributed by atoms with E-state index in [1.165, 1.54) is 13.2 Å². The van der Waals surface area contributed by atoms with Crippen molar-refractivity contribution < 1.29 is 28.7 Å². The normalized spacial score (nSPS) is 15.4. The standard InChI is InChI=1S/C21H20ClN3O6/c1-30-17-8-7-15(22)10-16(17)23-18(26)12-31-21(29)14-9-19(27)25(11-14)24-20(28)13-5-3-2-4-6-13/h2-8,10,14H,9,11-12H2,1H3,(H,23,26)(H,24,28)/t14-/m0/s1. The molecular formula is C21H20ClN3O6. The Bertz CT molecular complexity index is 998. The fraction of sp³-hybridized carbons (Fsp3) is 0.238. The first kappa shape index (κ1) is 22.1. The fourth-order valence-corrected chi connectivity index (χ4v) is 3.14. The molecule has 1 atom stereocenters. The zero-order valence-electron chi connectivity index (χ0n) is 16.6. The Kier molecular flexibility index (Phi) is 7.09. The van der Waals surface area contributed by atoms with E-state index in [0.717, 1.165) is 5.01 Å². The van der Waals surface area contributed by atoms with Gasteiger partial charge in [-0.3, -0.25) is 29.6 Å². The van der Waals surface area contributed by atoms with Crippen molar-refractivity contribution in [2.45, 2.75) is 6.42 Å². The van der Waals surface area contributed by atoms with Gasteiger partial charge in [-0.1, -0.05) is 29.8 Å². The molecule has 1 fully saturated rings. The van der Waals surface area contributed by atoms with E-state index in [1.807, 2.05) is 0 Å². The van der Waals surface area contributed by atoms with Gasteiger partial charge in [0.1, 0.15) is 5.75 Å². The molecule has 31 heavy (non-hydrogen) atoms. The zero-order chi connectivity index (χ0) is 22.4. The maximum atomic E-state index is 12.3. The Balaban J connectivity index is 1.50. The number of carbonyl (C=O) groups excluding carboxylic acids is 4. The lowest BCUT2D eigenvalue weighted by atomic mass is 10.1. The van der Waals surface area contributed by atoms with Crippen molar-refractivity contribution in [2.75, 3.05) is 25.6 Å². The van der Waals surface area contributed by atoms with Crippen molar-refractivity contribution in [1.82, 2.24) is 10.4 Å². The molecule has 1 aliphatic rings. The number of hydrogen-bond acceptors (Lipinski definition) is 6. The van der Waals surface area contributed by atoms with E-state index in [4.69, 9.17) is 21.1 Å². The van der Waals surface area contributed by atoms with Gasteiger partial charge in [0.2, 0.25) is 5.91 Å². The number of carbonyl (C=O) groups is 4. The molecule has 0 aliphatic carbocycles. The summed E-state index contributed by atoms with van der Waals surface area (Å²) in [6, 6.07) is 13.1. The summed E-state index contributed by atoms with van der Waals surface area (Å²) in [6.07, 6.45) is -0.127. The number of nitrogens with one attached hydrogen (secondary N) is 2. The van der Waals surface area contributed by atoms with Crippen molar-refractivity contribution >= 4 is 41.0 Å². The largest absolute Gasteiger partial charge is 0.495 e. The molecule has 9 nitrogen and oxygen atoms in total. The van der Waals surface area contributed by atoms with Crippen LogP contribution in [0, 0.1) is 5.92 Å². The van der Waals surface area contributed by atoms with E-state index in [9.17, 15) is 19.2 Å². The Labute approximate surface area is 183 Å². The molecule has 1 aliphatic heterocycles. The third kappa shape index (κ3) is 5.73. The van der Waals surface area contributed by atoms with Crippen LogP contribution in [0.3, 0.4) is 0 Å². The van der Waals surface area contributed by atoms with Gasteiger partial charge >= 0.3 is 5.97 Å². The van der Waals surface area contributed by atoms with Crippen LogP contribution >= 0.6 is 11.6 Å². The highest BCUT2D eigenvalue weighted by Crippen LogP contribution is 2.27. The molecule has 1 saturated heterocycles. The van der Waals surface area contributed by atoms with Crippen LogP contribution in [-0.2, 0) is 19.1 Å². The van der Waals surface area contributed by atoms with Crippen molar-refractivity contribution in [1.29, 1.82) is 0 Å². The summed E-state index contributed by atoms with van der Waals surface area (Å²) >= 11 is 5.91. The van der Waals surface area contributed by atoms with Gasteiger partial charge in [0.25, 0.3) is 11.8 Å². The summed E-state index contributed by atoms with van der Waals surface area (Å²) in [6.45, 7) is -0.588. The van der Waals surface area contributed by atoms with Crippen LogP contribution < -0.4 is 15.5 Å². The lowest BCUT2D eigenvalue weighted by Gasteiger charge is -2.17. The van der Waals surface area contributed by atoms with Gasteiger partial charge in [-0.2, -0.15) is 0 Å². The van der Waals surface area contributed by atoms with E-state index in [2.05, 4.69) is 10.7 Å². The third-order valence-electron chi connectivity index (χ3n) is 4.51. The number of nitrogens with zero attached hydrogens (tertiary/aromatic N) is 1. The molecule has 2 N–H and O–H groups in total. The van der Waals surface area contributed by atoms with Gasteiger partial charge < -0.3 is 14.8 Å². The minimum absolute atomic E-state index is 0.0417. The second-order valence-electron chi connectivity index (χ2n) is 6.71. The van der Waals surface area contributed by atoms with Crippen molar-refractivity contribution in [3.05, 3.63) is 59.1 Å². The summed E-state index contributed by atoms with van der Waals surface area (Å²) in [7, 11) is 1.44. The Morgan fingerprint density at radius 2 is 1.90 bits per heavy atom. The van der Waals surface area contributed by atoms with E-state index in [0.29, 0.717) is 22.0 Å². The third-order valence-corrected chi connectivity index (χ3v) is 4.75. The Morgan fingerprint density at radius 3 is 2.61 bits per heavy atom. The van der Waals surface area contributed by atoms with Crippen LogP contribution in [0.1, 0.15) is 16.8 Å². The number of halogens is 1. The van der Waals surface area contributed by atoms with Gasteiger partial charge in [0, 0.05) is 17.0 Å². The Morgan fingerprint density at radius 1 is 1.16 bits per heavy atom. The zero-order valence-corrected chi connectivity index (χ0v) is 17.3. The van der Waals surface area contributed by atoms with Gasteiger partial charge in [-0.25, -0.2) is 0 Å². The van der Waals surface area contributed by atoms with Crippen LogP contribution in [-0.4, -0.2) is 49.0 Å². The summed E-state index contributed by atoms with van der Waals surface area (Å²) in [5, 5.41) is 4.03. The molecule has 0 radical (unpaired) electrons. The molecule has 162 valence electrons. The number of methoxy groups -OCH3 is 1. The smallest absolute Gasteiger partial charge is 0.311 e. The molecule has 10 heteroatoms. The maximum Gasteiger partial charge on any atom is 0.311 e. The molecule has 2 aromatic carbocycles. The summed E-state index contributed by atoms with van der Waals surface area (Å²) < 4.78 is 10.2. The minimum atomic E-state index is -0.794. The second-order valence-corrected chi connectivity index (χ2v) is 7.15. The fourth-order valence-electron chi connectivity index (χ4n) is 2.97. The Hall–Kier alpha value is -3.59. The van der Waals surface area contributed by atoms with Gasteiger partial charge in [-0.15, -0.1) is 0 Å². The molecule has 0 spiro atoms. The monoisotopic (exact) mass is 445 g/mol. The quantitative estimate of drug-likeness (QED) is 0.630. The van der Waals surface area contributed by atoms with Crippen molar-refractivity contribution in [3.8, 4) is 5.75 Å².